The first-order chi connectivity index (χ1) is 9.62. The molecule has 112 valence electrons. The zero-order valence-electron chi connectivity index (χ0n) is 12.1. The van der Waals surface area contributed by atoms with Crippen molar-refractivity contribution in [3.63, 3.8) is 0 Å². The molecule has 1 rings (SSSR count). The minimum atomic E-state index is -0.576. The molecule has 0 bridgehead atoms. The van der Waals surface area contributed by atoms with Crippen LogP contribution in [-0.4, -0.2) is 26.1 Å². The van der Waals surface area contributed by atoms with Crippen molar-refractivity contribution in [3.8, 4) is 5.75 Å². The van der Waals surface area contributed by atoms with E-state index in [0.717, 1.165) is 19.3 Å². The van der Waals surface area contributed by atoms with Crippen LogP contribution in [-0.2, 0) is 0 Å². The number of rotatable bonds is 8. The predicted molar refractivity (Wildman–Crippen MR) is 77.4 cm³/mol. The van der Waals surface area contributed by atoms with E-state index >= 15 is 0 Å². The number of nitrogens with two attached hydrogens (primary N) is 1. The minimum Gasteiger partial charge on any atom is -0.497 e. The Morgan fingerprint density at radius 3 is 2.75 bits per heavy atom. The summed E-state index contributed by atoms with van der Waals surface area (Å²) in [7, 11) is 1.46. The van der Waals surface area contributed by atoms with Crippen molar-refractivity contribution in [2.45, 2.75) is 26.2 Å². The van der Waals surface area contributed by atoms with Gasteiger partial charge in [-0.1, -0.05) is 13.3 Å². The second-order valence-electron chi connectivity index (χ2n) is 4.79. The largest absolute Gasteiger partial charge is 0.497 e. The highest BCUT2D eigenvalue weighted by Crippen LogP contribution is 2.16. The maximum atomic E-state index is 13.7. The van der Waals surface area contributed by atoms with Gasteiger partial charge >= 0.3 is 0 Å². The molecule has 0 saturated carbocycles. The summed E-state index contributed by atoms with van der Waals surface area (Å²) in [4.78, 5) is 12.0. The average Bonchev–Trinajstić information content (AvgIpc) is 2.44. The summed E-state index contributed by atoms with van der Waals surface area (Å²) in [5, 5.41) is 2.77. The van der Waals surface area contributed by atoms with E-state index in [0.29, 0.717) is 24.8 Å². The van der Waals surface area contributed by atoms with Gasteiger partial charge in [0, 0.05) is 12.6 Å². The summed E-state index contributed by atoms with van der Waals surface area (Å²) in [6.45, 7) is 3.21. The van der Waals surface area contributed by atoms with Crippen LogP contribution in [0, 0.1) is 11.7 Å². The van der Waals surface area contributed by atoms with Gasteiger partial charge in [-0.05, 0) is 37.4 Å². The zero-order chi connectivity index (χ0) is 15.0. The molecule has 1 aromatic rings. The molecule has 20 heavy (non-hydrogen) atoms. The minimum absolute atomic E-state index is 0.0359. The van der Waals surface area contributed by atoms with Crippen LogP contribution in [0.2, 0.25) is 0 Å². The summed E-state index contributed by atoms with van der Waals surface area (Å²) < 4.78 is 18.7. The quantitative estimate of drug-likeness (QED) is 0.769. The Kier molecular flexibility index (Phi) is 7.01. The number of amides is 1. The Morgan fingerprint density at radius 2 is 2.20 bits per heavy atom. The highest BCUT2D eigenvalue weighted by Gasteiger charge is 2.14. The van der Waals surface area contributed by atoms with E-state index in [9.17, 15) is 9.18 Å². The van der Waals surface area contributed by atoms with Crippen LogP contribution in [0.4, 0.5) is 4.39 Å². The highest BCUT2D eigenvalue weighted by atomic mass is 19.1. The van der Waals surface area contributed by atoms with Crippen LogP contribution in [0.15, 0.2) is 18.2 Å². The average molecular weight is 282 g/mol. The van der Waals surface area contributed by atoms with Gasteiger partial charge in [0.25, 0.3) is 5.91 Å². The molecular formula is C15H23FN2O2. The van der Waals surface area contributed by atoms with Gasteiger partial charge in [0.05, 0.1) is 12.7 Å². The maximum Gasteiger partial charge on any atom is 0.254 e. The van der Waals surface area contributed by atoms with E-state index in [1.807, 2.05) is 0 Å². The van der Waals surface area contributed by atoms with Gasteiger partial charge in [0.1, 0.15) is 11.6 Å². The molecule has 0 aliphatic heterocycles. The molecule has 4 nitrogen and oxygen atoms in total. The van der Waals surface area contributed by atoms with E-state index in [2.05, 4.69) is 12.2 Å². The monoisotopic (exact) mass is 282 g/mol. The second kappa shape index (κ2) is 8.53. The summed E-state index contributed by atoms with van der Waals surface area (Å²) in [6.07, 6.45) is 2.90. The van der Waals surface area contributed by atoms with Crippen molar-refractivity contribution in [2.75, 3.05) is 20.2 Å². The topological polar surface area (TPSA) is 64.3 Å². The summed E-state index contributed by atoms with van der Waals surface area (Å²) in [5.41, 5.74) is 5.58. The number of carbonyl (C=O) groups excluding carboxylic acids is 1. The van der Waals surface area contributed by atoms with Crippen molar-refractivity contribution in [3.05, 3.63) is 29.6 Å². The fourth-order valence-electron chi connectivity index (χ4n) is 2.13. The number of hydrogen-bond donors (Lipinski definition) is 2. The number of benzene rings is 1. The van der Waals surface area contributed by atoms with Gasteiger partial charge < -0.3 is 15.8 Å². The SMILES string of the molecule is CCCC(CCN)CNC(=O)c1ccc(OC)cc1F. The lowest BCUT2D eigenvalue weighted by molar-refractivity contribution is 0.0941. The lowest BCUT2D eigenvalue weighted by atomic mass is 10.00. The molecule has 1 aromatic carbocycles. The lowest BCUT2D eigenvalue weighted by Crippen LogP contribution is -2.30. The first kappa shape index (κ1) is 16.4. The fourth-order valence-corrected chi connectivity index (χ4v) is 2.13. The van der Waals surface area contributed by atoms with Crippen LogP contribution in [0.1, 0.15) is 36.5 Å². The van der Waals surface area contributed by atoms with Crippen LogP contribution in [0.5, 0.6) is 5.75 Å². The standard InChI is InChI=1S/C15H23FN2O2/c1-3-4-11(7-8-17)10-18-15(19)13-6-5-12(20-2)9-14(13)16/h5-6,9,11H,3-4,7-8,10,17H2,1-2H3,(H,18,19). The molecule has 0 aliphatic rings. The van der Waals surface area contributed by atoms with Crippen LogP contribution in [0.25, 0.3) is 0 Å². The number of halogens is 1. The highest BCUT2D eigenvalue weighted by molar-refractivity contribution is 5.94. The molecule has 0 spiro atoms. The fraction of sp³-hybridized carbons (Fsp3) is 0.533. The molecule has 0 aromatic heterocycles. The van der Waals surface area contributed by atoms with Crippen LogP contribution >= 0.6 is 0 Å². The van der Waals surface area contributed by atoms with Crippen molar-refractivity contribution < 1.29 is 13.9 Å². The molecule has 0 radical (unpaired) electrons. The Bertz CT molecular complexity index is 432. The molecule has 0 saturated heterocycles. The smallest absolute Gasteiger partial charge is 0.254 e. The van der Waals surface area contributed by atoms with E-state index in [4.69, 9.17) is 10.5 Å². The molecule has 1 atom stereocenters. The summed E-state index contributed by atoms with van der Waals surface area (Å²) >= 11 is 0. The molecular weight excluding hydrogens is 259 g/mol. The number of hydrogen-bond acceptors (Lipinski definition) is 3. The van der Waals surface area contributed by atoms with E-state index in [1.165, 1.54) is 19.2 Å². The Hall–Kier alpha value is -1.62. The first-order valence-corrected chi connectivity index (χ1v) is 6.94. The second-order valence-corrected chi connectivity index (χ2v) is 4.79. The molecule has 0 aliphatic carbocycles. The molecule has 0 heterocycles. The Labute approximate surface area is 119 Å². The summed E-state index contributed by atoms with van der Waals surface area (Å²) in [6, 6.07) is 4.21. The van der Waals surface area contributed by atoms with E-state index < -0.39 is 11.7 Å². The zero-order valence-corrected chi connectivity index (χ0v) is 12.1. The van der Waals surface area contributed by atoms with Gasteiger partial charge in [0.2, 0.25) is 0 Å². The molecule has 1 amide bonds. The third-order valence-corrected chi connectivity index (χ3v) is 3.24. The number of ether oxygens (including phenoxy) is 1. The van der Waals surface area contributed by atoms with Crippen molar-refractivity contribution in [1.29, 1.82) is 0 Å². The van der Waals surface area contributed by atoms with Gasteiger partial charge in [0.15, 0.2) is 0 Å². The van der Waals surface area contributed by atoms with Gasteiger partial charge in [-0.3, -0.25) is 4.79 Å². The predicted octanol–water partition coefficient (Wildman–Crippen LogP) is 2.33. The third kappa shape index (κ3) is 4.81. The lowest BCUT2D eigenvalue weighted by Gasteiger charge is -2.16. The molecule has 1 unspecified atom stereocenters. The number of carbonyl (C=O) groups is 1. The molecule has 0 fully saturated rings. The summed E-state index contributed by atoms with van der Waals surface area (Å²) in [5.74, 6) is -0.239. The van der Waals surface area contributed by atoms with Crippen molar-refractivity contribution in [1.82, 2.24) is 5.32 Å². The Balaban J connectivity index is 2.61. The molecule has 3 N–H and O–H groups in total. The van der Waals surface area contributed by atoms with Gasteiger partial charge in [-0.25, -0.2) is 4.39 Å². The Morgan fingerprint density at radius 1 is 1.45 bits per heavy atom. The number of methoxy groups -OCH3 is 1. The maximum absolute atomic E-state index is 13.7. The third-order valence-electron chi connectivity index (χ3n) is 3.24. The van der Waals surface area contributed by atoms with Crippen molar-refractivity contribution >= 4 is 5.91 Å². The van der Waals surface area contributed by atoms with Crippen LogP contribution in [0.3, 0.4) is 0 Å². The molecule has 5 heteroatoms. The number of nitrogens with one attached hydrogen (secondary N) is 1. The van der Waals surface area contributed by atoms with E-state index in [-0.39, 0.29) is 5.56 Å². The van der Waals surface area contributed by atoms with Crippen LogP contribution < -0.4 is 15.8 Å². The van der Waals surface area contributed by atoms with Gasteiger partial charge in [-0.2, -0.15) is 0 Å². The first-order valence-electron chi connectivity index (χ1n) is 6.94. The van der Waals surface area contributed by atoms with Gasteiger partial charge in [-0.15, -0.1) is 0 Å². The van der Waals surface area contributed by atoms with Crippen molar-refractivity contribution in [2.24, 2.45) is 11.7 Å². The van der Waals surface area contributed by atoms with E-state index in [1.54, 1.807) is 6.07 Å². The normalized spacial score (nSPS) is 12.0.